The van der Waals surface area contributed by atoms with Crippen molar-refractivity contribution in [3.8, 4) is 0 Å². The molecule has 0 aliphatic heterocycles. The van der Waals surface area contributed by atoms with Crippen LogP contribution in [0.15, 0.2) is 12.2 Å². The molecule has 0 unspecified atom stereocenters. The minimum atomic E-state index is -0.345. The van der Waals surface area contributed by atoms with Gasteiger partial charge < -0.3 is 20.1 Å². The van der Waals surface area contributed by atoms with Gasteiger partial charge >= 0.3 is 0 Å². The minimum absolute atomic E-state index is 0.000259. The largest absolute Gasteiger partial charge is 0.368 e. The second kappa shape index (κ2) is 9.01. The molecule has 9 nitrogen and oxygen atoms in total. The van der Waals surface area contributed by atoms with Crippen LogP contribution < -0.4 is 15.5 Å². The van der Waals surface area contributed by atoms with Gasteiger partial charge in [0, 0.05) is 25.8 Å². The Labute approximate surface area is 136 Å². The molecule has 0 spiro atoms. The van der Waals surface area contributed by atoms with Crippen molar-refractivity contribution in [2.45, 2.75) is 20.8 Å². The summed E-state index contributed by atoms with van der Waals surface area (Å²) < 4.78 is 10.6. The highest BCUT2D eigenvalue weighted by Crippen LogP contribution is 2.16. The van der Waals surface area contributed by atoms with Gasteiger partial charge in [0.05, 0.1) is 0 Å². The first-order valence-electron chi connectivity index (χ1n) is 7.26. The van der Waals surface area contributed by atoms with E-state index in [0.29, 0.717) is 31.5 Å². The lowest BCUT2D eigenvalue weighted by Gasteiger charge is -2.22. The number of carbonyl (C=O) groups excluding carboxylic acids is 1. The van der Waals surface area contributed by atoms with Crippen molar-refractivity contribution in [3.63, 3.8) is 0 Å². The highest BCUT2D eigenvalue weighted by molar-refractivity contribution is 6.03. The summed E-state index contributed by atoms with van der Waals surface area (Å²) in [5.74, 6) is 0.0704. The van der Waals surface area contributed by atoms with Gasteiger partial charge in [0.25, 0.3) is 5.91 Å². The van der Waals surface area contributed by atoms with Gasteiger partial charge in [0.1, 0.15) is 13.5 Å². The summed E-state index contributed by atoms with van der Waals surface area (Å²) >= 11 is 0. The molecule has 0 saturated carbocycles. The summed E-state index contributed by atoms with van der Waals surface area (Å²) in [5, 5.41) is 0. The predicted octanol–water partition coefficient (Wildman–Crippen LogP) is 0.787. The van der Waals surface area contributed by atoms with E-state index in [2.05, 4.69) is 21.5 Å². The lowest BCUT2D eigenvalue weighted by Crippen LogP contribution is -2.36. The molecule has 2 N–H and O–H groups in total. The molecule has 9 heteroatoms. The van der Waals surface area contributed by atoms with Crippen molar-refractivity contribution in [1.82, 2.24) is 15.0 Å². The van der Waals surface area contributed by atoms with Crippen LogP contribution in [-0.2, 0) is 14.3 Å². The third-order valence-electron chi connectivity index (χ3n) is 2.74. The molecule has 1 aromatic heterocycles. The molecule has 0 fully saturated rings. The number of nitrogens with two attached hydrogens (primary N) is 1. The number of carbonyl (C=O) groups is 1. The predicted molar refractivity (Wildman–Crippen MR) is 87.9 cm³/mol. The molecular formula is C14H24N6O3. The number of rotatable bonds is 9. The zero-order valence-corrected chi connectivity index (χ0v) is 14.1. The Hall–Kier alpha value is -2.26. The molecule has 0 aliphatic carbocycles. The van der Waals surface area contributed by atoms with Crippen molar-refractivity contribution in [1.29, 1.82) is 0 Å². The van der Waals surface area contributed by atoms with Crippen molar-refractivity contribution in [2.75, 3.05) is 49.3 Å². The fourth-order valence-electron chi connectivity index (χ4n) is 1.57. The van der Waals surface area contributed by atoms with Crippen LogP contribution >= 0.6 is 0 Å². The molecule has 0 aliphatic rings. The van der Waals surface area contributed by atoms with E-state index in [-0.39, 0.29) is 24.5 Å². The number of amides is 1. The molecule has 128 valence electrons. The molecule has 0 radical (unpaired) electrons. The monoisotopic (exact) mass is 324 g/mol. The Balaban J connectivity index is 3.12. The standard InChI is InChI=1S/C14H24N6O3/c1-6-22-8-19(5)13-16-12(15)17-14(18-13)20(9-23-7-2)11(21)10(3)4/h3,6-9H2,1-2,4-5H3,(H2,15,16,17,18). The average Bonchev–Trinajstić information content (AvgIpc) is 2.52. The Kier molecular flexibility index (Phi) is 7.36. The maximum Gasteiger partial charge on any atom is 0.257 e. The lowest BCUT2D eigenvalue weighted by molar-refractivity contribution is -0.116. The van der Waals surface area contributed by atoms with Crippen molar-refractivity contribution < 1.29 is 14.3 Å². The summed E-state index contributed by atoms with van der Waals surface area (Å²) in [4.78, 5) is 27.6. The van der Waals surface area contributed by atoms with Crippen molar-refractivity contribution in [3.05, 3.63) is 12.2 Å². The van der Waals surface area contributed by atoms with E-state index in [4.69, 9.17) is 15.2 Å². The van der Waals surface area contributed by atoms with Crippen molar-refractivity contribution in [2.24, 2.45) is 0 Å². The Morgan fingerprint density at radius 3 is 2.26 bits per heavy atom. The molecule has 23 heavy (non-hydrogen) atoms. The zero-order valence-electron chi connectivity index (χ0n) is 14.1. The maximum atomic E-state index is 12.3. The number of hydrogen-bond acceptors (Lipinski definition) is 8. The molecule has 1 rings (SSSR count). The lowest BCUT2D eigenvalue weighted by atomic mass is 10.3. The van der Waals surface area contributed by atoms with E-state index in [1.54, 1.807) is 18.9 Å². The second-order valence-electron chi connectivity index (χ2n) is 4.75. The Bertz CT molecular complexity index is 551. The van der Waals surface area contributed by atoms with Gasteiger partial charge in [-0.1, -0.05) is 6.58 Å². The fraction of sp³-hybridized carbons (Fsp3) is 0.571. The molecule has 1 aromatic rings. The molecule has 0 atom stereocenters. The van der Waals surface area contributed by atoms with Crippen LogP contribution in [-0.4, -0.2) is 54.6 Å². The SMILES string of the molecule is C=C(C)C(=O)N(COCC)c1nc(N)nc(N(C)COCC)n1. The number of nitrogens with zero attached hydrogens (tertiary/aromatic N) is 5. The third-order valence-corrected chi connectivity index (χ3v) is 2.74. The second-order valence-corrected chi connectivity index (χ2v) is 4.75. The number of ether oxygens (including phenoxy) is 2. The number of anilines is 3. The van der Waals surface area contributed by atoms with Crippen LogP contribution in [0.1, 0.15) is 20.8 Å². The van der Waals surface area contributed by atoms with Gasteiger partial charge in [-0.2, -0.15) is 15.0 Å². The smallest absolute Gasteiger partial charge is 0.257 e. The normalized spacial score (nSPS) is 10.4. The van der Waals surface area contributed by atoms with Crippen LogP contribution in [0.5, 0.6) is 0 Å². The number of hydrogen-bond donors (Lipinski definition) is 1. The molecule has 1 amide bonds. The quantitative estimate of drug-likeness (QED) is 0.525. The Morgan fingerprint density at radius 2 is 1.70 bits per heavy atom. The van der Waals surface area contributed by atoms with Gasteiger partial charge in [-0.25, -0.2) is 0 Å². The zero-order chi connectivity index (χ0) is 17.4. The fourth-order valence-corrected chi connectivity index (χ4v) is 1.57. The summed E-state index contributed by atoms with van der Waals surface area (Å²) in [6.45, 7) is 10.3. The van der Waals surface area contributed by atoms with Crippen LogP contribution in [0.25, 0.3) is 0 Å². The highest BCUT2D eigenvalue weighted by Gasteiger charge is 2.21. The first kappa shape index (κ1) is 18.8. The summed E-state index contributed by atoms with van der Waals surface area (Å²) in [7, 11) is 1.75. The van der Waals surface area contributed by atoms with Gasteiger partial charge in [-0.3, -0.25) is 9.69 Å². The summed E-state index contributed by atoms with van der Waals surface area (Å²) in [6.07, 6.45) is 0. The van der Waals surface area contributed by atoms with Crippen LogP contribution in [0, 0.1) is 0 Å². The van der Waals surface area contributed by atoms with Crippen LogP contribution in [0.3, 0.4) is 0 Å². The van der Waals surface area contributed by atoms with E-state index in [1.165, 1.54) is 4.90 Å². The molecule has 0 bridgehead atoms. The summed E-state index contributed by atoms with van der Waals surface area (Å²) in [5.41, 5.74) is 6.08. The van der Waals surface area contributed by atoms with Crippen molar-refractivity contribution >= 4 is 23.8 Å². The minimum Gasteiger partial charge on any atom is -0.368 e. The van der Waals surface area contributed by atoms with Crippen LogP contribution in [0.2, 0.25) is 0 Å². The van der Waals surface area contributed by atoms with Gasteiger partial charge in [-0.15, -0.1) is 0 Å². The number of nitrogen functional groups attached to an aromatic ring is 1. The van der Waals surface area contributed by atoms with Gasteiger partial charge in [-0.05, 0) is 20.8 Å². The molecule has 0 aromatic carbocycles. The topological polar surface area (TPSA) is 107 Å². The van der Waals surface area contributed by atoms with E-state index >= 15 is 0 Å². The molecular weight excluding hydrogens is 300 g/mol. The van der Waals surface area contributed by atoms with Gasteiger partial charge in [0.15, 0.2) is 0 Å². The number of aromatic nitrogens is 3. The van der Waals surface area contributed by atoms with E-state index in [9.17, 15) is 4.79 Å². The van der Waals surface area contributed by atoms with Gasteiger partial charge in [0.2, 0.25) is 17.8 Å². The molecule has 1 heterocycles. The molecule has 0 saturated heterocycles. The highest BCUT2D eigenvalue weighted by atomic mass is 16.5. The first-order chi connectivity index (χ1) is 10.9. The summed E-state index contributed by atoms with van der Waals surface area (Å²) in [6, 6.07) is 0. The maximum absolute atomic E-state index is 12.3. The first-order valence-corrected chi connectivity index (χ1v) is 7.26. The van der Waals surface area contributed by atoms with E-state index < -0.39 is 0 Å². The van der Waals surface area contributed by atoms with E-state index in [1.807, 2.05) is 13.8 Å². The van der Waals surface area contributed by atoms with Crippen LogP contribution in [0.4, 0.5) is 17.8 Å². The average molecular weight is 324 g/mol. The van der Waals surface area contributed by atoms with E-state index in [0.717, 1.165) is 0 Å². The third kappa shape index (κ3) is 5.46. The Morgan fingerprint density at radius 1 is 1.13 bits per heavy atom.